The topological polar surface area (TPSA) is 38.3 Å². The quantitative estimate of drug-likeness (QED) is 0.472. The van der Waals surface area contributed by atoms with E-state index in [2.05, 4.69) is 10.1 Å². The van der Waals surface area contributed by atoms with Gasteiger partial charge in [0.05, 0.1) is 0 Å². The number of nitrogens with one attached hydrogen (secondary N) is 1. The zero-order valence-electron chi connectivity index (χ0n) is 15.3. The van der Waals surface area contributed by atoms with Gasteiger partial charge in [-0.05, 0) is 30.0 Å². The zero-order valence-corrected chi connectivity index (χ0v) is 15.3. The number of carbonyl (C=O) groups excluding carboxylic acids is 1. The fraction of sp³-hybridized carbons (Fsp3) is 0.316. The molecule has 1 N–H and O–H groups in total. The van der Waals surface area contributed by atoms with Crippen molar-refractivity contribution in [2.24, 2.45) is 0 Å². The second-order valence-electron chi connectivity index (χ2n) is 6.23. The molecule has 1 amide bonds. The lowest BCUT2D eigenvalue weighted by molar-refractivity contribution is -0.143. The van der Waals surface area contributed by atoms with E-state index in [-0.39, 0.29) is 0 Å². The standard InChI is InChI=1S/C19H16F7NO2/c1-3-9(2)10-4-6-11(7-5-10)27-12(28)8-29-18-16(22)14(20)13(19(24,25)26)15(21)17(18)23/h4-7,9H,3,8H2,1-2H3,(H,27,28)/t9-/m0/s1. The summed E-state index contributed by atoms with van der Waals surface area (Å²) in [6.45, 7) is 2.92. The Morgan fingerprint density at radius 3 is 1.97 bits per heavy atom. The molecule has 0 aromatic heterocycles. The molecule has 2 aromatic rings. The van der Waals surface area contributed by atoms with E-state index in [1.165, 1.54) is 0 Å². The van der Waals surface area contributed by atoms with Crippen LogP contribution in [0.2, 0.25) is 0 Å². The second-order valence-corrected chi connectivity index (χ2v) is 6.23. The number of amides is 1. The highest BCUT2D eigenvalue weighted by Gasteiger charge is 2.42. The number of carbonyl (C=O) groups is 1. The summed E-state index contributed by atoms with van der Waals surface area (Å²) in [5.41, 5.74) is -1.39. The van der Waals surface area contributed by atoms with Gasteiger partial charge < -0.3 is 10.1 Å². The van der Waals surface area contributed by atoms with E-state index in [4.69, 9.17) is 0 Å². The number of rotatable bonds is 6. The summed E-state index contributed by atoms with van der Waals surface area (Å²) in [6, 6.07) is 6.64. The molecule has 0 aliphatic rings. The summed E-state index contributed by atoms with van der Waals surface area (Å²) in [6.07, 6.45) is -4.76. The van der Waals surface area contributed by atoms with Gasteiger partial charge in [-0.25, -0.2) is 8.78 Å². The van der Waals surface area contributed by atoms with Gasteiger partial charge >= 0.3 is 6.18 Å². The van der Waals surface area contributed by atoms with Crippen LogP contribution in [0.1, 0.15) is 37.3 Å². The molecule has 0 saturated carbocycles. The highest BCUT2D eigenvalue weighted by Crippen LogP contribution is 2.39. The molecule has 158 valence electrons. The maximum absolute atomic E-state index is 13.7. The third-order valence-electron chi connectivity index (χ3n) is 4.23. The van der Waals surface area contributed by atoms with Crippen molar-refractivity contribution >= 4 is 11.6 Å². The van der Waals surface area contributed by atoms with Gasteiger partial charge in [-0.15, -0.1) is 0 Å². The molecule has 0 aliphatic carbocycles. The molecular weight excluding hydrogens is 407 g/mol. The van der Waals surface area contributed by atoms with Gasteiger partial charge in [-0.3, -0.25) is 4.79 Å². The van der Waals surface area contributed by atoms with Crippen molar-refractivity contribution in [1.82, 2.24) is 0 Å². The molecule has 0 spiro atoms. The van der Waals surface area contributed by atoms with Gasteiger partial charge in [0.2, 0.25) is 11.6 Å². The summed E-state index contributed by atoms with van der Waals surface area (Å²) in [7, 11) is 0. The Kier molecular flexibility index (Phi) is 6.76. The lowest BCUT2D eigenvalue weighted by Crippen LogP contribution is -2.22. The van der Waals surface area contributed by atoms with E-state index in [1.54, 1.807) is 24.3 Å². The van der Waals surface area contributed by atoms with E-state index in [0.29, 0.717) is 11.6 Å². The van der Waals surface area contributed by atoms with Crippen molar-refractivity contribution in [3.63, 3.8) is 0 Å². The Morgan fingerprint density at radius 1 is 1.00 bits per heavy atom. The van der Waals surface area contributed by atoms with Crippen LogP contribution < -0.4 is 10.1 Å². The summed E-state index contributed by atoms with van der Waals surface area (Å²) >= 11 is 0. The zero-order chi connectivity index (χ0) is 21.9. The Morgan fingerprint density at radius 2 is 1.52 bits per heavy atom. The van der Waals surface area contributed by atoms with E-state index < -0.39 is 53.3 Å². The van der Waals surface area contributed by atoms with Crippen LogP contribution in [0.25, 0.3) is 0 Å². The third-order valence-corrected chi connectivity index (χ3v) is 4.23. The van der Waals surface area contributed by atoms with E-state index >= 15 is 0 Å². The van der Waals surface area contributed by atoms with E-state index in [0.717, 1.165) is 12.0 Å². The Bertz CT molecular complexity index is 866. The van der Waals surface area contributed by atoms with Gasteiger partial charge in [0.25, 0.3) is 5.91 Å². The SMILES string of the molecule is CC[C@H](C)c1ccc(NC(=O)COc2c(F)c(F)c(C(F)(F)F)c(F)c2F)cc1. The minimum Gasteiger partial charge on any atom is -0.477 e. The number of benzene rings is 2. The average Bonchev–Trinajstić information content (AvgIpc) is 2.65. The molecule has 0 radical (unpaired) electrons. The summed E-state index contributed by atoms with van der Waals surface area (Å²) < 4.78 is 96.5. The highest BCUT2D eigenvalue weighted by atomic mass is 19.4. The number of anilines is 1. The van der Waals surface area contributed by atoms with E-state index in [1.807, 2.05) is 13.8 Å². The molecule has 0 unspecified atom stereocenters. The fourth-order valence-corrected chi connectivity index (χ4v) is 2.45. The summed E-state index contributed by atoms with van der Waals surface area (Å²) in [5.74, 6) is -12.5. The molecule has 0 saturated heterocycles. The monoisotopic (exact) mass is 423 g/mol. The first kappa shape index (κ1) is 22.5. The first-order valence-corrected chi connectivity index (χ1v) is 8.43. The van der Waals surface area contributed by atoms with Crippen LogP contribution >= 0.6 is 0 Å². The lowest BCUT2D eigenvalue weighted by atomic mass is 9.99. The molecule has 2 rings (SSSR count). The number of halogens is 7. The van der Waals surface area contributed by atoms with Gasteiger partial charge in [-0.1, -0.05) is 26.0 Å². The van der Waals surface area contributed by atoms with Gasteiger partial charge in [0.1, 0.15) is 5.56 Å². The largest absolute Gasteiger partial charge is 0.477 e. The Labute approximate surface area is 161 Å². The van der Waals surface area contributed by atoms with Crippen molar-refractivity contribution < 1.29 is 40.3 Å². The molecule has 10 heteroatoms. The molecule has 3 nitrogen and oxygen atoms in total. The molecule has 2 aromatic carbocycles. The maximum Gasteiger partial charge on any atom is 0.422 e. The molecule has 0 heterocycles. The number of alkyl halides is 3. The van der Waals surface area contributed by atoms with Crippen LogP contribution in [-0.2, 0) is 11.0 Å². The fourth-order valence-electron chi connectivity index (χ4n) is 2.45. The van der Waals surface area contributed by atoms with Crippen molar-refractivity contribution in [1.29, 1.82) is 0 Å². The summed E-state index contributed by atoms with van der Waals surface area (Å²) in [4.78, 5) is 11.8. The predicted octanol–water partition coefficient (Wildman–Crippen LogP) is 5.79. The van der Waals surface area contributed by atoms with Crippen molar-refractivity contribution in [2.75, 3.05) is 11.9 Å². The highest BCUT2D eigenvalue weighted by molar-refractivity contribution is 5.91. The second kappa shape index (κ2) is 8.71. The molecule has 1 atom stereocenters. The van der Waals surface area contributed by atoms with Crippen molar-refractivity contribution in [3.05, 3.63) is 58.7 Å². The first-order valence-electron chi connectivity index (χ1n) is 8.43. The van der Waals surface area contributed by atoms with Gasteiger partial charge in [0, 0.05) is 5.69 Å². The number of hydrogen-bond acceptors (Lipinski definition) is 2. The van der Waals surface area contributed by atoms with Crippen molar-refractivity contribution in [3.8, 4) is 5.75 Å². The van der Waals surface area contributed by atoms with Crippen LogP contribution in [0.15, 0.2) is 24.3 Å². The van der Waals surface area contributed by atoms with Crippen molar-refractivity contribution in [2.45, 2.75) is 32.4 Å². The average molecular weight is 423 g/mol. The normalized spacial score (nSPS) is 12.6. The molecule has 29 heavy (non-hydrogen) atoms. The third kappa shape index (κ3) is 4.99. The Balaban J connectivity index is 2.12. The molecule has 0 bridgehead atoms. The molecular formula is C19H16F7NO2. The van der Waals surface area contributed by atoms with Crippen LogP contribution in [0.5, 0.6) is 5.75 Å². The van der Waals surface area contributed by atoms with Crippen LogP contribution in [0.4, 0.5) is 36.4 Å². The minimum atomic E-state index is -5.66. The minimum absolute atomic E-state index is 0.290. The lowest BCUT2D eigenvalue weighted by Gasteiger charge is -2.15. The van der Waals surface area contributed by atoms with E-state index in [9.17, 15) is 35.5 Å². The first-order chi connectivity index (χ1) is 13.5. The Hall–Kier alpha value is -2.78. The molecule has 0 fully saturated rings. The van der Waals surface area contributed by atoms with Crippen LogP contribution in [0, 0.1) is 23.3 Å². The number of hydrogen-bond donors (Lipinski definition) is 1. The van der Waals surface area contributed by atoms with Gasteiger partial charge in [-0.2, -0.15) is 22.0 Å². The smallest absolute Gasteiger partial charge is 0.422 e. The van der Waals surface area contributed by atoms with Gasteiger partial charge in [0.15, 0.2) is 24.0 Å². The van der Waals surface area contributed by atoms with Crippen LogP contribution in [0.3, 0.4) is 0 Å². The van der Waals surface area contributed by atoms with Crippen LogP contribution in [-0.4, -0.2) is 12.5 Å². The predicted molar refractivity (Wildman–Crippen MR) is 90.5 cm³/mol. The number of ether oxygens (including phenoxy) is 1. The molecule has 0 aliphatic heterocycles. The summed E-state index contributed by atoms with van der Waals surface area (Å²) in [5, 5.41) is 2.32. The maximum atomic E-state index is 13.7.